The highest BCUT2D eigenvalue weighted by Crippen LogP contribution is 2.26. The van der Waals surface area contributed by atoms with E-state index in [1.165, 1.54) is 0 Å². The molecular formula is C10H15N3O. The van der Waals surface area contributed by atoms with Crippen molar-refractivity contribution < 1.29 is 4.79 Å². The number of H-pyrrole nitrogens is 1. The molecule has 0 aromatic carbocycles. The molecule has 1 saturated heterocycles. The molecule has 14 heavy (non-hydrogen) atoms. The van der Waals surface area contributed by atoms with Crippen LogP contribution in [0.3, 0.4) is 0 Å². The normalized spacial score (nSPS) is 18.9. The molecule has 4 heteroatoms. The molecule has 4 nitrogen and oxygen atoms in total. The first kappa shape index (κ1) is 9.24. The Morgan fingerprint density at radius 1 is 1.71 bits per heavy atom. The minimum absolute atomic E-state index is 0.187. The number of nitrogens with one attached hydrogen (secondary N) is 1. The van der Waals surface area contributed by atoms with Gasteiger partial charge in [0.2, 0.25) is 5.91 Å². The summed E-state index contributed by atoms with van der Waals surface area (Å²) in [7, 11) is 0. The lowest BCUT2D eigenvalue weighted by Gasteiger charge is -2.25. The molecule has 2 heterocycles. The molecule has 0 saturated carbocycles. The number of hydrogen-bond acceptors (Lipinski definition) is 2. The minimum atomic E-state index is 0.187. The van der Waals surface area contributed by atoms with E-state index in [1.807, 2.05) is 4.90 Å². The number of likely N-dealkylation sites (tertiary alicyclic amines) is 1. The van der Waals surface area contributed by atoms with Crippen LogP contribution in [0.25, 0.3) is 0 Å². The molecule has 1 aliphatic rings. The quantitative estimate of drug-likeness (QED) is 0.790. The van der Waals surface area contributed by atoms with Crippen LogP contribution < -0.4 is 0 Å². The average molecular weight is 193 g/mol. The molecule has 2 rings (SSSR count). The summed E-state index contributed by atoms with van der Waals surface area (Å²) in [4.78, 5) is 20.6. The summed E-state index contributed by atoms with van der Waals surface area (Å²) in [6.07, 6.45) is 6.10. The van der Waals surface area contributed by atoms with Crippen molar-refractivity contribution in [3.63, 3.8) is 0 Å². The average Bonchev–Trinajstić information content (AvgIpc) is 2.80. The van der Waals surface area contributed by atoms with E-state index >= 15 is 0 Å². The lowest BCUT2D eigenvalue weighted by Crippen LogP contribution is -2.29. The number of nitrogens with zero attached hydrogens (tertiary/aromatic N) is 2. The molecule has 1 N–H and O–H groups in total. The van der Waals surface area contributed by atoms with Crippen molar-refractivity contribution in [1.29, 1.82) is 0 Å². The van der Waals surface area contributed by atoms with Crippen molar-refractivity contribution in [2.75, 3.05) is 6.54 Å². The zero-order valence-electron chi connectivity index (χ0n) is 8.36. The summed E-state index contributed by atoms with van der Waals surface area (Å²) in [5.74, 6) is 0.270. The molecule has 1 aromatic rings. The van der Waals surface area contributed by atoms with Crippen LogP contribution in [0.15, 0.2) is 12.5 Å². The van der Waals surface area contributed by atoms with Crippen LogP contribution in [-0.4, -0.2) is 27.3 Å². The van der Waals surface area contributed by atoms with Gasteiger partial charge in [-0.25, -0.2) is 4.98 Å². The van der Waals surface area contributed by atoms with Crippen LogP contribution in [0.1, 0.15) is 37.9 Å². The first-order valence-corrected chi connectivity index (χ1v) is 5.10. The Balaban J connectivity index is 2.17. The maximum Gasteiger partial charge on any atom is 0.223 e. The van der Waals surface area contributed by atoms with Crippen molar-refractivity contribution >= 4 is 5.91 Å². The standard InChI is InChI=1S/C10H15N3O/c1-2-9(8-6-11-7-12-8)13-5-3-4-10(13)14/h6-7,9H,2-5H2,1H3,(H,11,12). The van der Waals surface area contributed by atoms with Gasteiger partial charge in [-0.2, -0.15) is 0 Å². The predicted molar refractivity (Wildman–Crippen MR) is 52.6 cm³/mol. The zero-order valence-corrected chi connectivity index (χ0v) is 8.36. The fourth-order valence-electron chi connectivity index (χ4n) is 2.06. The zero-order chi connectivity index (χ0) is 9.97. The first-order chi connectivity index (χ1) is 6.83. The highest BCUT2D eigenvalue weighted by Gasteiger charge is 2.28. The van der Waals surface area contributed by atoms with Gasteiger partial charge < -0.3 is 9.88 Å². The highest BCUT2D eigenvalue weighted by molar-refractivity contribution is 5.78. The number of aromatic amines is 1. The molecular weight excluding hydrogens is 178 g/mol. The third kappa shape index (κ3) is 1.52. The molecule has 76 valence electrons. The Morgan fingerprint density at radius 2 is 2.57 bits per heavy atom. The van der Waals surface area contributed by atoms with Crippen LogP contribution in [-0.2, 0) is 4.79 Å². The van der Waals surface area contributed by atoms with E-state index in [4.69, 9.17) is 0 Å². The number of aromatic nitrogens is 2. The van der Waals surface area contributed by atoms with Crippen LogP contribution in [0, 0.1) is 0 Å². The van der Waals surface area contributed by atoms with E-state index in [9.17, 15) is 4.79 Å². The van der Waals surface area contributed by atoms with Gasteiger partial charge in [0.05, 0.1) is 24.3 Å². The summed E-state index contributed by atoms with van der Waals surface area (Å²) < 4.78 is 0. The van der Waals surface area contributed by atoms with Crippen molar-refractivity contribution in [2.45, 2.75) is 32.2 Å². The topological polar surface area (TPSA) is 49.0 Å². The van der Waals surface area contributed by atoms with Crippen LogP contribution >= 0.6 is 0 Å². The molecule has 1 atom stereocenters. The second kappa shape index (κ2) is 3.82. The fraction of sp³-hybridized carbons (Fsp3) is 0.600. The van der Waals surface area contributed by atoms with Gasteiger partial charge in [-0.05, 0) is 12.8 Å². The van der Waals surface area contributed by atoms with Gasteiger partial charge in [-0.15, -0.1) is 0 Å². The van der Waals surface area contributed by atoms with E-state index in [0.29, 0.717) is 6.42 Å². The lowest BCUT2D eigenvalue weighted by atomic mass is 10.1. The molecule has 0 spiro atoms. The van der Waals surface area contributed by atoms with Crippen molar-refractivity contribution in [3.05, 3.63) is 18.2 Å². The molecule has 1 aromatic heterocycles. The lowest BCUT2D eigenvalue weighted by molar-refractivity contribution is -0.129. The van der Waals surface area contributed by atoms with E-state index in [1.54, 1.807) is 12.5 Å². The smallest absolute Gasteiger partial charge is 0.223 e. The maximum absolute atomic E-state index is 11.6. The molecule has 1 aliphatic heterocycles. The van der Waals surface area contributed by atoms with E-state index < -0.39 is 0 Å². The Bertz CT molecular complexity index is 307. The first-order valence-electron chi connectivity index (χ1n) is 5.10. The summed E-state index contributed by atoms with van der Waals surface area (Å²) >= 11 is 0. The highest BCUT2D eigenvalue weighted by atomic mass is 16.2. The van der Waals surface area contributed by atoms with E-state index in [0.717, 1.165) is 25.1 Å². The summed E-state index contributed by atoms with van der Waals surface area (Å²) in [6.45, 7) is 2.98. The van der Waals surface area contributed by atoms with Gasteiger partial charge >= 0.3 is 0 Å². The molecule has 0 aliphatic carbocycles. The minimum Gasteiger partial charge on any atom is -0.347 e. The Morgan fingerprint density at radius 3 is 3.07 bits per heavy atom. The molecule has 1 fully saturated rings. The fourth-order valence-corrected chi connectivity index (χ4v) is 2.06. The van der Waals surface area contributed by atoms with Gasteiger partial charge in [0.1, 0.15) is 0 Å². The maximum atomic E-state index is 11.6. The van der Waals surface area contributed by atoms with Crippen molar-refractivity contribution in [3.8, 4) is 0 Å². The summed E-state index contributed by atoms with van der Waals surface area (Å²) in [5.41, 5.74) is 1.04. The van der Waals surface area contributed by atoms with Crippen molar-refractivity contribution in [2.24, 2.45) is 0 Å². The predicted octanol–water partition coefficient (Wildman–Crippen LogP) is 1.48. The Labute approximate surface area is 83.3 Å². The van der Waals surface area contributed by atoms with E-state index in [-0.39, 0.29) is 11.9 Å². The molecule has 1 amide bonds. The largest absolute Gasteiger partial charge is 0.347 e. The molecule has 0 radical (unpaired) electrons. The van der Waals surface area contributed by atoms with Crippen LogP contribution in [0.2, 0.25) is 0 Å². The molecule has 0 bridgehead atoms. The number of amides is 1. The Hall–Kier alpha value is -1.32. The van der Waals surface area contributed by atoms with Crippen LogP contribution in [0.4, 0.5) is 0 Å². The van der Waals surface area contributed by atoms with Crippen molar-refractivity contribution in [1.82, 2.24) is 14.9 Å². The van der Waals surface area contributed by atoms with Gasteiger partial charge in [-0.1, -0.05) is 6.92 Å². The summed E-state index contributed by atoms with van der Waals surface area (Å²) in [5, 5.41) is 0. The third-order valence-corrected chi connectivity index (χ3v) is 2.75. The number of carbonyl (C=O) groups is 1. The number of imidazole rings is 1. The molecule has 1 unspecified atom stereocenters. The van der Waals surface area contributed by atoms with Gasteiger partial charge in [0.15, 0.2) is 0 Å². The third-order valence-electron chi connectivity index (χ3n) is 2.75. The Kier molecular flexibility index (Phi) is 2.52. The number of carbonyl (C=O) groups excluding carboxylic acids is 1. The van der Waals surface area contributed by atoms with Gasteiger partial charge in [0, 0.05) is 13.0 Å². The second-order valence-electron chi connectivity index (χ2n) is 3.62. The SMILES string of the molecule is CCC(c1cnc[nH]1)N1CCCC1=O. The second-order valence-corrected chi connectivity index (χ2v) is 3.62. The monoisotopic (exact) mass is 193 g/mol. The summed E-state index contributed by atoms with van der Waals surface area (Å²) in [6, 6.07) is 0.187. The van der Waals surface area contributed by atoms with Crippen LogP contribution in [0.5, 0.6) is 0 Å². The van der Waals surface area contributed by atoms with Gasteiger partial charge in [0.25, 0.3) is 0 Å². The van der Waals surface area contributed by atoms with E-state index in [2.05, 4.69) is 16.9 Å². The number of rotatable bonds is 3. The van der Waals surface area contributed by atoms with Gasteiger partial charge in [-0.3, -0.25) is 4.79 Å². The number of hydrogen-bond donors (Lipinski definition) is 1.